The van der Waals surface area contributed by atoms with E-state index in [1.165, 1.54) is 12.8 Å². The lowest BCUT2D eigenvalue weighted by Crippen LogP contribution is -2.21. The van der Waals surface area contributed by atoms with Crippen LogP contribution >= 0.6 is 0 Å². The molecule has 1 aromatic heterocycles. The zero-order valence-corrected chi connectivity index (χ0v) is 7.58. The smallest absolute Gasteiger partial charge is 0.227 e. The Morgan fingerprint density at radius 2 is 2.54 bits per heavy atom. The molecule has 4 heteroatoms. The highest BCUT2D eigenvalue weighted by molar-refractivity contribution is 5.92. The van der Waals surface area contributed by atoms with Crippen LogP contribution in [-0.2, 0) is 4.79 Å². The summed E-state index contributed by atoms with van der Waals surface area (Å²) in [6.45, 7) is 1.98. The molecule has 0 spiro atoms. The number of hydrogen-bond acceptors (Lipinski definition) is 2. The summed E-state index contributed by atoms with van der Waals surface area (Å²) in [6.07, 6.45) is 5.68. The molecule has 0 saturated heterocycles. The second kappa shape index (κ2) is 3.20. The summed E-state index contributed by atoms with van der Waals surface area (Å²) in [7, 11) is 0. The molecule has 4 nitrogen and oxygen atoms in total. The molecule has 1 aliphatic rings. The van der Waals surface area contributed by atoms with Gasteiger partial charge in [0.15, 0.2) is 0 Å². The van der Waals surface area contributed by atoms with Crippen LogP contribution in [0, 0.1) is 11.8 Å². The van der Waals surface area contributed by atoms with Crippen molar-refractivity contribution in [3.05, 3.63) is 12.4 Å². The van der Waals surface area contributed by atoms with E-state index < -0.39 is 0 Å². The van der Waals surface area contributed by atoms with Gasteiger partial charge in [0.05, 0.1) is 11.9 Å². The van der Waals surface area contributed by atoms with Crippen LogP contribution in [0.3, 0.4) is 0 Å². The highest BCUT2D eigenvalue weighted by atomic mass is 16.1. The van der Waals surface area contributed by atoms with Crippen molar-refractivity contribution in [2.75, 3.05) is 5.32 Å². The van der Waals surface area contributed by atoms with E-state index in [1.54, 1.807) is 12.4 Å². The van der Waals surface area contributed by atoms with Crippen LogP contribution in [0.2, 0.25) is 0 Å². The van der Waals surface area contributed by atoms with Crippen molar-refractivity contribution in [2.45, 2.75) is 19.8 Å². The number of aromatic nitrogens is 2. The lowest BCUT2D eigenvalue weighted by molar-refractivity contribution is -0.119. The predicted octanol–water partition coefficient (Wildman–Crippen LogP) is 1.39. The van der Waals surface area contributed by atoms with Crippen molar-refractivity contribution in [3.8, 4) is 0 Å². The average Bonchev–Trinajstić information content (AvgIpc) is 2.85. The molecule has 1 unspecified atom stereocenters. The third-order valence-electron chi connectivity index (χ3n) is 2.51. The Hall–Kier alpha value is -1.32. The molecule has 1 heterocycles. The average molecular weight is 179 g/mol. The number of rotatable bonds is 3. The third kappa shape index (κ3) is 1.88. The summed E-state index contributed by atoms with van der Waals surface area (Å²) in [4.78, 5) is 11.5. The lowest BCUT2D eigenvalue weighted by atomic mass is 10.1. The summed E-state index contributed by atoms with van der Waals surface area (Å²) >= 11 is 0. The van der Waals surface area contributed by atoms with Gasteiger partial charge < -0.3 is 5.32 Å². The first-order valence-electron chi connectivity index (χ1n) is 4.57. The number of anilines is 1. The molecule has 1 aromatic rings. The van der Waals surface area contributed by atoms with Gasteiger partial charge in [0.25, 0.3) is 0 Å². The lowest BCUT2D eigenvalue weighted by Gasteiger charge is -2.08. The second-order valence-electron chi connectivity index (χ2n) is 3.60. The van der Waals surface area contributed by atoms with E-state index in [1.807, 2.05) is 6.92 Å². The molecule has 0 aromatic carbocycles. The minimum absolute atomic E-state index is 0.101. The van der Waals surface area contributed by atoms with Gasteiger partial charge >= 0.3 is 0 Å². The van der Waals surface area contributed by atoms with E-state index in [9.17, 15) is 4.79 Å². The second-order valence-corrected chi connectivity index (χ2v) is 3.60. The first-order chi connectivity index (χ1) is 6.27. The Balaban J connectivity index is 1.90. The van der Waals surface area contributed by atoms with Gasteiger partial charge in [-0.15, -0.1) is 0 Å². The zero-order valence-electron chi connectivity index (χ0n) is 7.58. The highest BCUT2D eigenvalue weighted by Crippen LogP contribution is 2.36. The van der Waals surface area contributed by atoms with E-state index in [0.29, 0.717) is 5.92 Å². The molecule has 1 aliphatic carbocycles. The fourth-order valence-electron chi connectivity index (χ4n) is 1.39. The molecule has 2 rings (SSSR count). The van der Waals surface area contributed by atoms with Crippen LogP contribution < -0.4 is 5.32 Å². The Bertz CT molecular complexity index is 290. The van der Waals surface area contributed by atoms with Crippen LogP contribution in [0.4, 0.5) is 5.69 Å². The number of carbonyl (C=O) groups excluding carboxylic acids is 1. The maximum atomic E-state index is 11.5. The summed E-state index contributed by atoms with van der Waals surface area (Å²) in [6, 6.07) is 0. The molecule has 70 valence electrons. The van der Waals surface area contributed by atoms with Crippen LogP contribution in [-0.4, -0.2) is 16.1 Å². The van der Waals surface area contributed by atoms with Crippen molar-refractivity contribution in [3.63, 3.8) is 0 Å². The molecule has 0 aliphatic heterocycles. The van der Waals surface area contributed by atoms with Crippen molar-refractivity contribution in [1.29, 1.82) is 0 Å². The Labute approximate surface area is 76.7 Å². The largest absolute Gasteiger partial charge is 0.323 e. The monoisotopic (exact) mass is 179 g/mol. The predicted molar refractivity (Wildman–Crippen MR) is 49.1 cm³/mol. The molecule has 0 radical (unpaired) electrons. The number of nitrogens with zero attached hydrogens (tertiary/aromatic N) is 1. The Morgan fingerprint density at radius 3 is 3.08 bits per heavy atom. The number of nitrogens with one attached hydrogen (secondary N) is 2. The van der Waals surface area contributed by atoms with Gasteiger partial charge in [-0.1, -0.05) is 6.92 Å². The molecule has 1 fully saturated rings. The zero-order chi connectivity index (χ0) is 9.26. The summed E-state index contributed by atoms with van der Waals surface area (Å²) < 4.78 is 0. The number of aromatic amines is 1. The quantitative estimate of drug-likeness (QED) is 0.736. The van der Waals surface area contributed by atoms with E-state index in [-0.39, 0.29) is 11.8 Å². The fourth-order valence-corrected chi connectivity index (χ4v) is 1.39. The molecule has 2 N–H and O–H groups in total. The number of H-pyrrole nitrogens is 1. The summed E-state index contributed by atoms with van der Waals surface area (Å²) in [5.41, 5.74) is 0.748. The Kier molecular flexibility index (Phi) is 2.04. The third-order valence-corrected chi connectivity index (χ3v) is 2.51. The summed E-state index contributed by atoms with van der Waals surface area (Å²) in [5, 5.41) is 9.22. The van der Waals surface area contributed by atoms with Gasteiger partial charge in [-0.25, -0.2) is 0 Å². The van der Waals surface area contributed by atoms with Crippen LogP contribution in [0.15, 0.2) is 12.4 Å². The van der Waals surface area contributed by atoms with Crippen molar-refractivity contribution >= 4 is 11.6 Å². The molecule has 1 saturated carbocycles. The minimum Gasteiger partial charge on any atom is -0.323 e. The SMILES string of the molecule is CC(C(=O)Nc1cn[nH]c1)C1CC1. The number of carbonyl (C=O) groups is 1. The van der Waals surface area contributed by atoms with Gasteiger partial charge in [-0.05, 0) is 18.8 Å². The van der Waals surface area contributed by atoms with Crippen LogP contribution in [0.1, 0.15) is 19.8 Å². The first-order valence-corrected chi connectivity index (χ1v) is 4.57. The molecule has 0 bridgehead atoms. The number of amides is 1. The van der Waals surface area contributed by atoms with Crippen LogP contribution in [0.25, 0.3) is 0 Å². The topological polar surface area (TPSA) is 57.8 Å². The maximum Gasteiger partial charge on any atom is 0.227 e. The van der Waals surface area contributed by atoms with Crippen LogP contribution in [0.5, 0.6) is 0 Å². The maximum absolute atomic E-state index is 11.5. The van der Waals surface area contributed by atoms with Gasteiger partial charge in [-0.3, -0.25) is 9.89 Å². The fraction of sp³-hybridized carbons (Fsp3) is 0.556. The minimum atomic E-state index is 0.101. The standard InChI is InChI=1S/C9H13N3O/c1-6(7-2-3-7)9(13)12-8-4-10-11-5-8/h4-7H,2-3H2,1H3,(H,10,11)(H,12,13). The molecule has 13 heavy (non-hydrogen) atoms. The van der Waals surface area contributed by atoms with Gasteiger partial charge in [-0.2, -0.15) is 5.10 Å². The first kappa shape index (κ1) is 8.29. The molecular formula is C9H13N3O. The summed E-state index contributed by atoms with van der Waals surface area (Å²) in [5.74, 6) is 0.839. The van der Waals surface area contributed by atoms with Gasteiger partial charge in [0.2, 0.25) is 5.91 Å². The van der Waals surface area contributed by atoms with E-state index >= 15 is 0 Å². The molecular weight excluding hydrogens is 166 g/mol. The molecule has 1 amide bonds. The van der Waals surface area contributed by atoms with Crippen molar-refractivity contribution < 1.29 is 4.79 Å². The van der Waals surface area contributed by atoms with E-state index in [2.05, 4.69) is 15.5 Å². The van der Waals surface area contributed by atoms with E-state index in [4.69, 9.17) is 0 Å². The van der Waals surface area contributed by atoms with Gasteiger partial charge in [0, 0.05) is 12.1 Å². The molecule has 1 atom stereocenters. The van der Waals surface area contributed by atoms with Crippen molar-refractivity contribution in [1.82, 2.24) is 10.2 Å². The van der Waals surface area contributed by atoms with Crippen molar-refractivity contribution in [2.24, 2.45) is 11.8 Å². The highest BCUT2D eigenvalue weighted by Gasteiger charge is 2.32. The Morgan fingerprint density at radius 1 is 1.77 bits per heavy atom. The van der Waals surface area contributed by atoms with E-state index in [0.717, 1.165) is 5.69 Å². The normalized spacial score (nSPS) is 18.2. The number of hydrogen-bond donors (Lipinski definition) is 2. The van der Waals surface area contributed by atoms with Gasteiger partial charge in [0.1, 0.15) is 0 Å².